The van der Waals surface area contributed by atoms with Crippen LogP contribution in [-0.4, -0.2) is 49.1 Å². The number of halogens is 1. The molecule has 35 heavy (non-hydrogen) atoms. The number of H-pyrrole nitrogens is 2. The molecule has 0 atom stereocenters. The van der Waals surface area contributed by atoms with Crippen molar-refractivity contribution >= 4 is 33.8 Å². The van der Waals surface area contributed by atoms with Gasteiger partial charge in [0.25, 0.3) is 0 Å². The lowest BCUT2D eigenvalue weighted by molar-refractivity contribution is 0.402. The standard InChI is InChI=1S/C25H21FN8S/c1-34(2)13-14-8-15(11-27-10-14)16-9-18-22(32-33-23(18)29-12-16)25-30-21-17(19-5-6-20(26)35-19)4-3-7-28-24(21)31-25/h3-12,28H,13H2,1-2H3,(H,30,31)(H,29,32,33). The van der Waals surface area contributed by atoms with E-state index >= 15 is 0 Å². The van der Waals surface area contributed by atoms with Crippen LogP contribution in [0.15, 0.2) is 61.2 Å². The molecule has 0 saturated carbocycles. The molecule has 0 aromatic carbocycles. The Morgan fingerprint density at radius 1 is 1.06 bits per heavy atom. The van der Waals surface area contributed by atoms with Crippen molar-refractivity contribution in [1.29, 1.82) is 0 Å². The summed E-state index contributed by atoms with van der Waals surface area (Å²) in [6, 6.07) is 7.41. The molecule has 0 fully saturated rings. The molecule has 6 rings (SSSR count). The maximum absolute atomic E-state index is 13.7. The van der Waals surface area contributed by atoms with Crippen molar-refractivity contribution in [2.24, 2.45) is 0 Å². The normalized spacial score (nSPS) is 13.1. The Balaban J connectivity index is 1.42. The average molecular weight is 485 g/mol. The highest BCUT2D eigenvalue weighted by Gasteiger charge is 2.21. The third-order valence-electron chi connectivity index (χ3n) is 5.66. The molecule has 0 radical (unpaired) electrons. The van der Waals surface area contributed by atoms with Gasteiger partial charge in [0.2, 0.25) is 0 Å². The van der Waals surface area contributed by atoms with Crippen molar-refractivity contribution in [3.05, 3.63) is 82.5 Å². The Bertz CT molecular complexity index is 1610. The van der Waals surface area contributed by atoms with Gasteiger partial charge in [-0.2, -0.15) is 9.49 Å². The Morgan fingerprint density at radius 2 is 1.94 bits per heavy atom. The van der Waals surface area contributed by atoms with E-state index < -0.39 is 0 Å². The van der Waals surface area contributed by atoms with E-state index in [9.17, 15) is 4.39 Å². The summed E-state index contributed by atoms with van der Waals surface area (Å²) < 4.78 is 13.7. The molecule has 6 heterocycles. The molecule has 0 amide bonds. The molecule has 10 heteroatoms. The monoisotopic (exact) mass is 484 g/mol. The predicted molar refractivity (Wildman–Crippen MR) is 136 cm³/mol. The van der Waals surface area contributed by atoms with E-state index in [2.05, 4.69) is 41.4 Å². The lowest BCUT2D eigenvalue weighted by Crippen LogP contribution is -2.10. The minimum absolute atomic E-state index is 0.231. The second-order valence-electron chi connectivity index (χ2n) is 8.51. The number of aromatic nitrogens is 6. The molecule has 0 spiro atoms. The van der Waals surface area contributed by atoms with Gasteiger partial charge in [-0.1, -0.05) is 0 Å². The van der Waals surface area contributed by atoms with E-state index in [1.807, 2.05) is 44.7 Å². The van der Waals surface area contributed by atoms with Crippen LogP contribution in [0.5, 0.6) is 0 Å². The van der Waals surface area contributed by atoms with Crippen LogP contribution in [0.2, 0.25) is 0 Å². The first-order chi connectivity index (χ1) is 17.0. The average Bonchev–Trinajstić information content (AvgIpc) is 3.54. The minimum Gasteiger partial charge on any atom is -0.345 e. The highest BCUT2D eigenvalue weighted by molar-refractivity contribution is 7.11. The van der Waals surface area contributed by atoms with Crippen molar-refractivity contribution in [3.63, 3.8) is 0 Å². The first kappa shape index (κ1) is 21.4. The Morgan fingerprint density at radius 3 is 2.77 bits per heavy atom. The van der Waals surface area contributed by atoms with Crippen LogP contribution in [0, 0.1) is 5.13 Å². The van der Waals surface area contributed by atoms with Crippen molar-refractivity contribution in [3.8, 4) is 22.6 Å². The molecule has 1 aliphatic rings. The number of fused-ring (bicyclic) bond motifs is 2. The van der Waals surface area contributed by atoms with Gasteiger partial charge >= 0.3 is 0 Å². The van der Waals surface area contributed by atoms with Gasteiger partial charge in [0.1, 0.15) is 5.69 Å². The molecule has 5 aromatic rings. The van der Waals surface area contributed by atoms with Gasteiger partial charge < -0.3 is 15.2 Å². The highest BCUT2D eigenvalue weighted by atomic mass is 32.1. The zero-order valence-corrected chi connectivity index (χ0v) is 19.8. The van der Waals surface area contributed by atoms with Crippen LogP contribution < -0.4 is 5.32 Å². The number of nitrogens with one attached hydrogen (secondary N) is 3. The SMILES string of the molecule is CN(C)Cc1cncc(-c2cnc3n[nH]c(-c4nc5c([nH]4)C(c4ccc(F)s4)=CC=CN5)c3c2)c1. The number of nitrogens with zero attached hydrogens (tertiary/aromatic N) is 5. The van der Waals surface area contributed by atoms with Crippen LogP contribution in [0.1, 0.15) is 16.1 Å². The van der Waals surface area contributed by atoms with Gasteiger partial charge in [-0.3, -0.25) is 10.1 Å². The van der Waals surface area contributed by atoms with Gasteiger partial charge in [-0.25, -0.2) is 9.97 Å². The molecule has 3 N–H and O–H groups in total. The first-order valence-corrected chi connectivity index (χ1v) is 11.8. The predicted octanol–water partition coefficient (Wildman–Crippen LogP) is 5.04. The van der Waals surface area contributed by atoms with E-state index in [1.54, 1.807) is 18.5 Å². The first-order valence-electron chi connectivity index (χ1n) is 11.0. The number of aromatic amines is 2. The zero-order chi connectivity index (χ0) is 23.9. The van der Waals surface area contributed by atoms with Crippen molar-refractivity contribution < 1.29 is 4.39 Å². The third-order valence-corrected chi connectivity index (χ3v) is 6.57. The summed E-state index contributed by atoms with van der Waals surface area (Å²) in [5.74, 6) is 1.27. The number of imidazole rings is 1. The Labute approximate surface area is 204 Å². The van der Waals surface area contributed by atoms with Gasteiger partial charge in [-0.05, 0) is 56.1 Å². The Kier molecular flexibility index (Phi) is 5.24. The molecular weight excluding hydrogens is 463 g/mol. The van der Waals surface area contributed by atoms with Gasteiger partial charge in [0.05, 0.1) is 11.1 Å². The van der Waals surface area contributed by atoms with Crippen molar-refractivity contribution in [2.75, 3.05) is 19.4 Å². The fraction of sp³-hybridized carbons (Fsp3) is 0.120. The molecule has 8 nitrogen and oxygen atoms in total. The van der Waals surface area contributed by atoms with Crippen LogP contribution >= 0.6 is 11.3 Å². The topological polar surface area (TPSA) is 98.4 Å². The quantitative estimate of drug-likeness (QED) is 0.323. The van der Waals surface area contributed by atoms with Gasteiger partial charge in [0, 0.05) is 52.9 Å². The van der Waals surface area contributed by atoms with Gasteiger partial charge in [-0.15, -0.1) is 11.3 Å². The summed E-state index contributed by atoms with van der Waals surface area (Å²) >= 11 is 1.10. The lowest BCUT2D eigenvalue weighted by Gasteiger charge is -2.10. The molecule has 0 unspecified atom stereocenters. The number of thiophene rings is 1. The molecule has 0 aliphatic carbocycles. The fourth-order valence-electron chi connectivity index (χ4n) is 4.15. The summed E-state index contributed by atoms with van der Waals surface area (Å²) in [5.41, 5.74) is 6.01. The van der Waals surface area contributed by atoms with Crippen molar-refractivity contribution in [1.82, 2.24) is 35.0 Å². The van der Waals surface area contributed by atoms with Crippen LogP contribution in [0.4, 0.5) is 10.2 Å². The summed E-state index contributed by atoms with van der Waals surface area (Å²) in [6.07, 6.45) is 11.1. The molecule has 0 bridgehead atoms. The molecule has 5 aromatic heterocycles. The highest BCUT2D eigenvalue weighted by Crippen LogP contribution is 2.36. The lowest BCUT2D eigenvalue weighted by atomic mass is 10.1. The second-order valence-corrected chi connectivity index (χ2v) is 9.54. The van der Waals surface area contributed by atoms with E-state index in [0.29, 0.717) is 17.3 Å². The Hall–Kier alpha value is -4.15. The number of anilines is 1. The number of hydrogen-bond acceptors (Lipinski definition) is 7. The molecule has 174 valence electrons. The number of allylic oxidation sites excluding steroid dienone is 2. The maximum atomic E-state index is 13.7. The summed E-state index contributed by atoms with van der Waals surface area (Å²) in [7, 11) is 4.06. The van der Waals surface area contributed by atoms with E-state index in [4.69, 9.17) is 4.98 Å². The third kappa shape index (κ3) is 4.02. The molecule has 1 aliphatic heterocycles. The van der Waals surface area contributed by atoms with Crippen LogP contribution in [-0.2, 0) is 6.54 Å². The number of pyridine rings is 2. The van der Waals surface area contributed by atoms with Crippen LogP contribution in [0.25, 0.3) is 39.3 Å². The van der Waals surface area contributed by atoms with Crippen LogP contribution in [0.3, 0.4) is 0 Å². The smallest absolute Gasteiger partial charge is 0.181 e. The summed E-state index contributed by atoms with van der Waals surface area (Å²) in [6.45, 7) is 0.802. The zero-order valence-electron chi connectivity index (χ0n) is 19.0. The maximum Gasteiger partial charge on any atom is 0.181 e. The largest absolute Gasteiger partial charge is 0.345 e. The summed E-state index contributed by atoms with van der Waals surface area (Å²) in [5, 5.41) is 11.3. The minimum atomic E-state index is -0.231. The second kappa shape index (κ2) is 8.57. The van der Waals surface area contributed by atoms with E-state index in [0.717, 1.165) is 61.8 Å². The fourth-order valence-corrected chi connectivity index (χ4v) is 4.91. The summed E-state index contributed by atoms with van der Waals surface area (Å²) in [4.78, 5) is 20.1. The number of hydrogen-bond donors (Lipinski definition) is 3. The van der Waals surface area contributed by atoms with Gasteiger partial charge in [0.15, 0.2) is 22.4 Å². The molecular formula is C25H21FN8S. The number of rotatable bonds is 5. The van der Waals surface area contributed by atoms with Crippen molar-refractivity contribution in [2.45, 2.75) is 6.54 Å². The van der Waals surface area contributed by atoms with E-state index in [1.165, 1.54) is 6.07 Å². The van der Waals surface area contributed by atoms with E-state index in [-0.39, 0.29) is 5.13 Å². The molecule has 0 saturated heterocycles.